The molecule has 0 radical (unpaired) electrons. The summed E-state index contributed by atoms with van der Waals surface area (Å²) in [5, 5.41) is 1.15. The maximum absolute atomic E-state index is 12.7. The van der Waals surface area contributed by atoms with Gasteiger partial charge in [-0.3, -0.25) is 0 Å². The fourth-order valence-electron chi connectivity index (χ4n) is 2.52. The Morgan fingerprint density at radius 1 is 1.48 bits per heavy atom. The molecule has 1 rings (SSSR count). The van der Waals surface area contributed by atoms with Crippen molar-refractivity contribution < 1.29 is 9.22 Å². The van der Waals surface area contributed by atoms with Gasteiger partial charge in [0.05, 0.1) is 0 Å². The van der Waals surface area contributed by atoms with Crippen LogP contribution in [-0.2, 0) is 9.22 Å². The van der Waals surface area contributed by atoms with Crippen molar-refractivity contribution in [3.8, 4) is 0 Å². The molecule has 0 spiro atoms. The molecule has 1 heterocycles. The minimum atomic E-state index is -1.86. The first-order chi connectivity index (χ1) is 10.4. The third-order valence-corrected chi connectivity index (χ3v) is 12.1. The van der Waals surface area contributed by atoms with E-state index in [1.54, 1.807) is 0 Å². The minimum absolute atomic E-state index is 0.00317. The van der Waals surface area contributed by atoms with Crippen molar-refractivity contribution in [1.82, 2.24) is 4.90 Å². The van der Waals surface area contributed by atoms with Gasteiger partial charge in [-0.15, -0.1) is 0 Å². The third-order valence-electron chi connectivity index (χ3n) is 4.80. The molecule has 1 aliphatic heterocycles. The van der Waals surface area contributed by atoms with Gasteiger partial charge < -0.3 is 0 Å². The summed E-state index contributed by atoms with van der Waals surface area (Å²) in [5.41, 5.74) is 1.04. The number of allylic oxidation sites excluding steroid dienone is 1. The SMILES string of the molecule is C=CC[Se][C@@H]1[C@@H]([C@@H](C)O[Si](C)(C)C(C)(C)C)C(=O)N1CC(=C)C. The Morgan fingerprint density at radius 2 is 2.04 bits per heavy atom. The average Bonchev–Trinajstić information content (AvgIpc) is 2.38. The Balaban J connectivity index is 2.85. The second kappa shape index (κ2) is 7.69. The van der Waals surface area contributed by atoms with Crippen LogP contribution in [-0.4, -0.2) is 51.7 Å². The Bertz CT molecular complexity index is 470. The predicted molar refractivity (Wildman–Crippen MR) is 102 cm³/mol. The summed E-state index contributed by atoms with van der Waals surface area (Å²) in [6, 6.07) is 0. The monoisotopic (exact) mass is 403 g/mol. The molecule has 0 saturated carbocycles. The van der Waals surface area contributed by atoms with Crippen LogP contribution in [0.4, 0.5) is 0 Å². The van der Waals surface area contributed by atoms with Gasteiger partial charge in [0.1, 0.15) is 0 Å². The molecule has 0 bridgehead atoms. The summed E-state index contributed by atoms with van der Waals surface area (Å²) in [4.78, 5) is 15.0. The Hall–Kier alpha value is -0.354. The predicted octanol–water partition coefficient (Wildman–Crippen LogP) is 4.07. The molecule has 1 saturated heterocycles. The molecule has 0 aromatic heterocycles. The average molecular weight is 403 g/mol. The van der Waals surface area contributed by atoms with Gasteiger partial charge in [-0.05, 0) is 0 Å². The van der Waals surface area contributed by atoms with Gasteiger partial charge in [0, 0.05) is 0 Å². The van der Waals surface area contributed by atoms with Crippen LogP contribution >= 0.6 is 0 Å². The van der Waals surface area contributed by atoms with Crippen molar-refractivity contribution >= 4 is 29.2 Å². The van der Waals surface area contributed by atoms with Crippen LogP contribution < -0.4 is 0 Å². The number of likely N-dealkylation sites (tertiary alicyclic amines) is 1. The van der Waals surface area contributed by atoms with Crippen molar-refractivity contribution in [2.75, 3.05) is 6.54 Å². The third kappa shape index (κ3) is 4.82. The van der Waals surface area contributed by atoms with Crippen LogP contribution in [0.2, 0.25) is 23.5 Å². The van der Waals surface area contributed by atoms with Gasteiger partial charge in [-0.25, -0.2) is 0 Å². The molecule has 0 aliphatic carbocycles. The zero-order valence-corrected chi connectivity index (χ0v) is 18.5. The Labute approximate surface area is 149 Å². The molecule has 132 valence electrons. The zero-order chi connectivity index (χ0) is 18.0. The molecule has 0 aromatic rings. The molecule has 5 heteroatoms. The number of hydrogen-bond donors (Lipinski definition) is 0. The summed E-state index contributed by atoms with van der Waals surface area (Å²) < 4.78 is 6.49. The van der Waals surface area contributed by atoms with Crippen molar-refractivity contribution in [2.45, 2.75) is 69.1 Å². The van der Waals surface area contributed by atoms with Gasteiger partial charge in [0.15, 0.2) is 0 Å². The quantitative estimate of drug-likeness (QED) is 0.348. The molecule has 23 heavy (non-hydrogen) atoms. The number of carbonyl (C=O) groups excluding carboxylic acids is 1. The van der Waals surface area contributed by atoms with Crippen molar-refractivity contribution in [3.05, 3.63) is 24.8 Å². The van der Waals surface area contributed by atoms with Gasteiger partial charge in [0.2, 0.25) is 0 Å². The van der Waals surface area contributed by atoms with E-state index >= 15 is 0 Å². The maximum atomic E-state index is 12.7. The summed E-state index contributed by atoms with van der Waals surface area (Å²) in [5.74, 6) is 0.235. The van der Waals surface area contributed by atoms with Crippen LogP contribution in [0.1, 0.15) is 34.6 Å². The van der Waals surface area contributed by atoms with E-state index < -0.39 is 8.32 Å². The molecular weight excluding hydrogens is 369 g/mol. The first kappa shape index (κ1) is 20.7. The van der Waals surface area contributed by atoms with E-state index in [0.29, 0.717) is 26.4 Å². The molecule has 0 N–H and O–H groups in total. The van der Waals surface area contributed by atoms with Crippen molar-refractivity contribution in [1.29, 1.82) is 0 Å². The van der Waals surface area contributed by atoms with Crippen LogP contribution in [0.15, 0.2) is 24.8 Å². The second-order valence-corrected chi connectivity index (χ2v) is 15.2. The summed E-state index contributed by atoms with van der Waals surface area (Å²) in [6.07, 6.45) is 1.94. The van der Waals surface area contributed by atoms with E-state index in [1.165, 1.54) is 0 Å². The fraction of sp³-hybridized carbons (Fsp3) is 0.722. The normalized spacial score (nSPS) is 23.4. The van der Waals surface area contributed by atoms with Crippen LogP contribution in [0.25, 0.3) is 0 Å². The molecule has 1 amide bonds. The van der Waals surface area contributed by atoms with E-state index in [4.69, 9.17) is 4.43 Å². The number of hydrogen-bond acceptors (Lipinski definition) is 2. The van der Waals surface area contributed by atoms with E-state index in [-0.39, 0.29) is 23.0 Å². The summed E-state index contributed by atoms with van der Waals surface area (Å²) in [7, 11) is -1.86. The van der Waals surface area contributed by atoms with E-state index in [1.807, 2.05) is 17.9 Å². The number of carbonyl (C=O) groups is 1. The van der Waals surface area contributed by atoms with E-state index in [2.05, 4.69) is 53.9 Å². The number of nitrogens with zero attached hydrogens (tertiary/aromatic N) is 1. The first-order valence-electron chi connectivity index (χ1n) is 8.27. The molecule has 0 aromatic carbocycles. The van der Waals surface area contributed by atoms with Crippen LogP contribution in [0.3, 0.4) is 0 Å². The number of β-lactam (4-membered cyclic amide) rings is 1. The first-order valence-corrected chi connectivity index (χ1v) is 13.4. The van der Waals surface area contributed by atoms with Gasteiger partial charge >= 0.3 is 150 Å². The molecular formula is C18H33NO2SeSi. The zero-order valence-electron chi connectivity index (χ0n) is 15.8. The van der Waals surface area contributed by atoms with Crippen LogP contribution in [0.5, 0.6) is 0 Å². The van der Waals surface area contributed by atoms with E-state index in [0.717, 1.165) is 10.9 Å². The van der Waals surface area contributed by atoms with Crippen molar-refractivity contribution in [2.24, 2.45) is 5.92 Å². The number of amides is 1. The Kier molecular flexibility index (Phi) is 6.92. The standard InChI is InChI=1S/C18H33NO2SeSi/c1-10-11-22-17-15(16(20)19(17)12-13(2)3)14(4)21-23(8,9)18(5,6)7/h10,14-15,17H,1-2,11-12H2,3-9H3/t14-,15+,17-/m1/s1. The van der Waals surface area contributed by atoms with Gasteiger partial charge in [-0.2, -0.15) is 0 Å². The molecule has 1 aliphatic rings. The van der Waals surface area contributed by atoms with Crippen LogP contribution in [0, 0.1) is 5.92 Å². The second-order valence-electron chi connectivity index (χ2n) is 8.04. The molecule has 3 nitrogen and oxygen atoms in total. The number of rotatable bonds is 8. The summed E-state index contributed by atoms with van der Waals surface area (Å²) >= 11 is 0.348. The molecule has 1 fully saturated rings. The molecule has 3 atom stereocenters. The Morgan fingerprint density at radius 3 is 2.48 bits per heavy atom. The van der Waals surface area contributed by atoms with Crippen molar-refractivity contribution in [3.63, 3.8) is 0 Å². The van der Waals surface area contributed by atoms with E-state index in [9.17, 15) is 4.79 Å². The van der Waals surface area contributed by atoms with Gasteiger partial charge in [0.25, 0.3) is 0 Å². The molecule has 0 unspecified atom stereocenters. The summed E-state index contributed by atoms with van der Waals surface area (Å²) in [6.45, 7) is 23.7. The fourth-order valence-corrected chi connectivity index (χ4v) is 6.54. The van der Waals surface area contributed by atoms with Gasteiger partial charge in [-0.1, -0.05) is 0 Å². The topological polar surface area (TPSA) is 29.5 Å².